The van der Waals surface area contributed by atoms with Gasteiger partial charge in [0.2, 0.25) is 0 Å². The first-order valence-corrected chi connectivity index (χ1v) is 36.9. The van der Waals surface area contributed by atoms with Crippen LogP contribution < -0.4 is 0 Å². The summed E-state index contributed by atoms with van der Waals surface area (Å²) in [7, 11) is 0. The van der Waals surface area contributed by atoms with E-state index < -0.39 is 5.41 Å². The summed E-state index contributed by atoms with van der Waals surface area (Å²) in [6.45, 7) is 24.3. The van der Waals surface area contributed by atoms with E-state index in [0.717, 1.165) is 0 Å². The highest BCUT2D eigenvalue weighted by Crippen LogP contribution is 2.65. The lowest BCUT2D eigenvalue weighted by Gasteiger charge is -2.38. The minimum Gasteiger partial charge on any atom is -0.0622 e. The summed E-state index contributed by atoms with van der Waals surface area (Å²) in [6, 6.07) is 115. The Morgan fingerprint density at radius 3 is 0.843 bits per heavy atom. The molecule has 5 aliphatic rings. The Hall–Kier alpha value is -11.2. The van der Waals surface area contributed by atoms with Gasteiger partial charge in [0, 0.05) is 27.1 Å². The van der Waals surface area contributed by atoms with Gasteiger partial charge in [-0.25, -0.2) is 0 Å². The molecule has 0 atom stereocenters. The second-order valence-corrected chi connectivity index (χ2v) is 32.4. The Bertz CT molecular complexity index is 5730. The quantitative estimate of drug-likeness (QED) is 0.142. The van der Waals surface area contributed by atoms with E-state index in [4.69, 9.17) is 0 Å². The molecule has 102 heavy (non-hydrogen) atoms. The number of hydrogen-bond acceptors (Lipinski definition) is 0. The molecule has 0 saturated carbocycles. The summed E-state index contributed by atoms with van der Waals surface area (Å²) in [4.78, 5) is 0. The van der Waals surface area contributed by atoms with Crippen LogP contribution in [0, 0.1) is 5.92 Å². The molecule has 0 heterocycles. The van der Waals surface area contributed by atoms with Gasteiger partial charge in [-0.1, -0.05) is 318 Å². The van der Waals surface area contributed by atoms with Gasteiger partial charge in [-0.2, -0.15) is 0 Å². The number of fused-ring (bicyclic) bond motifs is 19. The molecule has 20 rings (SSSR count). The van der Waals surface area contributed by atoms with E-state index in [1.807, 2.05) is 0 Å². The second kappa shape index (κ2) is 21.4. The average Bonchev–Trinajstić information content (AvgIpc) is 1.50. The highest BCUT2D eigenvalue weighted by molar-refractivity contribution is 6.12. The van der Waals surface area contributed by atoms with Crippen LogP contribution in [-0.2, 0) is 27.1 Å². The van der Waals surface area contributed by atoms with Crippen molar-refractivity contribution in [2.24, 2.45) is 5.92 Å². The topological polar surface area (TPSA) is 0 Å². The van der Waals surface area contributed by atoms with E-state index in [0.29, 0.717) is 0 Å². The first kappa shape index (κ1) is 60.8. The summed E-state index contributed by atoms with van der Waals surface area (Å²) in [6.07, 6.45) is 0. The van der Waals surface area contributed by atoms with Crippen LogP contribution in [0.4, 0.5) is 0 Å². The maximum atomic E-state index is 2.67. The SMILES string of the molecule is CC(C)C1(c2ccccc2)c2cc3c(cc2-c2cc4c(cc21)-c1c(cc(-c2ccc(-c5ccc(-c6ccc7c(c6)C(C)(C)c6ccccc6-7)cc5)cc2)c2ccccc12)C4(C)C)C(C)(C)c1cc(-c2ccc(-c4ccc(-c5ccc6c(c5)C(C)(C)c5ccccc5-6)cc4)cc2)c2ccccc2c1-3. The normalized spacial score (nSPS) is 15.6. The molecule has 488 valence electrons. The van der Waals surface area contributed by atoms with Gasteiger partial charge in [-0.15, -0.1) is 0 Å². The molecule has 0 nitrogen and oxygen atoms in total. The van der Waals surface area contributed by atoms with Crippen LogP contribution in [0.1, 0.15) is 130 Å². The summed E-state index contributed by atoms with van der Waals surface area (Å²) in [5.41, 5.74) is 42.9. The van der Waals surface area contributed by atoms with Crippen molar-refractivity contribution in [3.63, 3.8) is 0 Å². The van der Waals surface area contributed by atoms with Crippen LogP contribution in [0.25, 0.3) is 144 Å². The molecule has 5 aliphatic carbocycles. The van der Waals surface area contributed by atoms with Crippen molar-refractivity contribution >= 4 is 21.5 Å². The van der Waals surface area contributed by atoms with Crippen LogP contribution in [0.5, 0.6) is 0 Å². The Labute approximate surface area is 600 Å². The summed E-state index contributed by atoms with van der Waals surface area (Å²) in [5.74, 6) is 0.228. The molecule has 15 aromatic carbocycles. The first-order chi connectivity index (χ1) is 49.4. The maximum Gasteiger partial charge on any atom is 0.0486 e. The largest absolute Gasteiger partial charge is 0.0622 e. The number of benzene rings is 15. The lowest BCUT2D eigenvalue weighted by atomic mass is 9.64. The van der Waals surface area contributed by atoms with E-state index in [1.165, 1.54) is 205 Å². The van der Waals surface area contributed by atoms with Crippen molar-refractivity contribution < 1.29 is 0 Å². The van der Waals surface area contributed by atoms with E-state index in [-0.39, 0.29) is 27.6 Å². The molecule has 0 fully saturated rings. The highest BCUT2D eigenvalue weighted by Gasteiger charge is 2.52. The van der Waals surface area contributed by atoms with Crippen LogP contribution >= 0.6 is 0 Å². The van der Waals surface area contributed by atoms with E-state index in [1.54, 1.807) is 0 Å². The van der Waals surface area contributed by atoms with Gasteiger partial charge in [-0.05, 0) is 260 Å². The van der Waals surface area contributed by atoms with Gasteiger partial charge in [-0.3, -0.25) is 0 Å². The Kier molecular flexibility index (Phi) is 12.8. The third-order valence-corrected chi connectivity index (χ3v) is 25.5. The van der Waals surface area contributed by atoms with Gasteiger partial charge in [0.15, 0.2) is 0 Å². The van der Waals surface area contributed by atoms with Crippen LogP contribution in [0.3, 0.4) is 0 Å². The van der Waals surface area contributed by atoms with Crippen LogP contribution in [0.15, 0.2) is 297 Å². The summed E-state index contributed by atoms with van der Waals surface area (Å²) < 4.78 is 0. The molecule has 0 radical (unpaired) electrons. The lowest BCUT2D eigenvalue weighted by Crippen LogP contribution is -2.33. The molecule has 15 aromatic rings. The molecular formula is C102H80. The zero-order chi connectivity index (χ0) is 69.1. The molecule has 0 saturated heterocycles. The fourth-order valence-corrected chi connectivity index (χ4v) is 20.1. The number of rotatable bonds is 8. The minimum absolute atomic E-state index is 0.0347. The molecule has 0 spiro atoms. The molecule has 0 aromatic heterocycles. The van der Waals surface area contributed by atoms with Crippen LogP contribution in [0.2, 0.25) is 0 Å². The van der Waals surface area contributed by atoms with E-state index in [9.17, 15) is 0 Å². The van der Waals surface area contributed by atoms with Gasteiger partial charge in [0.05, 0.1) is 0 Å². The predicted octanol–water partition coefficient (Wildman–Crippen LogP) is 27.2. The van der Waals surface area contributed by atoms with Crippen molar-refractivity contribution in [1.29, 1.82) is 0 Å². The van der Waals surface area contributed by atoms with Crippen molar-refractivity contribution in [3.8, 4) is 122 Å². The number of hydrogen-bond donors (Lipinski definition) is 0. The summed E-state index contributed by atoms with van der Waals surface area (Å²) in [5, 5.41) is 5.20. The molecule has 0 heteroatoms. The molecule has 0 aliphatic heterocycles. The standard InChI is InChI=1S/C102H80/c1-60(2)102(71-22-12-11-13-23-71)92-58-84-90(100(7,8)94-54-80(72-24-14-16-28-78(72)96(84)94)67-44-40-63(41-45-67)61-32-36-65(37-33-61)69-48-50-76-74-26-18-20-30-86(74)98(3,4)88(76)52-69)56-82(92)83-57-91-85(59-93(83)102)97-79-29-17-15-25-73(79)81(55-95(97)101(91,9)10)68-46-42-64(43-47-68)62-34-38-66(39-35-62)70-49-51-77-75-27-19-21-31-87(75)99(5,6)89(77)53-70/h11-60H,1-10H3. The maximum absolute atomic E-state index is 2.67. The lowest BCUT2D eigenvalue weighted by molar-refractivity contribution is 0.447. The van der Waals surface area contributed by atoms with Crippen molar-refractivity contribution in [1.82, 2.24) is 0 Å². The first-order valence-electron chi connectivity index (χ1n) is 36.9. The Morgan fingerprint density at radius 2 is 0.461 bits per heavy atom. The Balaban J connectivity index is 0.646. The van der Waals surface area contributed by atoms with Crippen molar-refractivity contribution in [2.45, 2.75) is 96.3 Å². The monoisotopic (exact) mass is 1300 g/mol. The molecular weight excluding hydrogens is 1230 g/mol. The van der Waals surface area contributed by atoms with Gasteiger partial charge >= 0.3 is 0 Å². The van der Waals surface area contributed by atoms with E-state index >= 15 is 0 Å². The smallest absolute Gasteiger partial charge is 0.0486 e. The van der Waals surface area contributed by atoms with Gasteiger partial charge in [0.25, 0.3) is 0 Å². The van der Waals surface area contributed by atoms with Gasteiger partial charge < -0.3 is 0 Å². The van der Waals surface area contributed by atoms with Crippen LogP contribution in [-0.4, -0.2) is 0 Å². The predicted molar refractivity (Wildman–Crippen MR) is 431 cm³/mol. The van der Waals surface area contributed by atoms with Crippen molar-refractivity contribution in [3.05, 3.63) is 358 Å². The summed E-state index contributed by atoms with van der Waals surface area (Å²) >= 11 is 0. The zero-order valence-corrected chi connectivity index (χ0v) is 59.9. The highest BCUT2D eigenvalue weighted by atomic mass is 14.5. The fourth-order valence-electron chi connectivity index (χ4n) is 20.1. The minimum atomic E-state index is -0.427. The van der Waals surface area contributed by atoms with Crippen molar-refractivity contribution in [2.75, 3.05) is 0 Å². The van der Waals surface area contributed by atoms with Gasteiger partial charge in [0.1, 0.15) is 0 Å². The third kappa shape index (κ3) is 8.33. The fraction of sp³-hybridized carbons (Fsp3) is 0.157. The Morgan fingerprint density at radius 1 is 0.186 bits per heavy atom. The molecule has 0 unspecified atom stereocenters. The molecule has 0 amide bonds. The molecule has 0 N–H and O–H groups in total. The van der Waals surface area contributed by atoms with E-state index in [2.05, 4.69) is 366 Å². The average molecular weight is 1310 g/mol. The molecule has 0 bridgehead atoms. The third-order valence-electron chi connectivity index (χ3n) is 25.5. The zero-order valence-electron chi connectivity index (χ0n) is 59.9. The second-order valence-electron chi connectivity index (χ2n) is 32.4.